The fourth-order valence-corrected chi connectivity index (χ4v) is 5.37. The summed E-state index contributed by atoms with van der Waals surface area (Å²) in [5.41, 5.74) is 6.13. The molecule has 3 aromatic heterocycles. The summed E-state index contributed by atoms with van der Waals surface area (Å²) in [6.07, 6.45) is 5.48. The number of rotatable bonds is 6. The van der Waals surface area contributed by atoms with Gasteiger partial charge in [0.15, 0.2) is 5.69 Å². The Morgan fingerprint density at radius 3 is 2.35 bits per heavy atom. The van der Waals surface area contributed by atoms with Crippen molar-refractivity contribution in [3.05, 3.63) is 66.9 Å². The fraction of sp³-hybridized carbons (Fsp3) is 0.345. The molecule has 0 N–H and O–H groups in total. The number of carbonyl (C=O) groups is 1. The smallest absolute Gasteiger partial charge is 0.243 e. The monoisotopic (exact) mass is 496 g/mol. The number of amides is 1. The van der Waals surface area contributed by atoms with Crippen molar-refractivity contribution in [2.75, 3.05) is 44.2 Å². The quantitative estimate of drug-likeness (QED) is 0.359. The maximum absolute atomic E-state index is 11.7. The lowest BCUT2D eigenvalue weighted by atomic mass is 10.1. The molecule has 1 aliphatic heterocycles. The van der Waals surface area contributed by atoms with E-state index >= 15 is 0 Å². The van der Waals surface area contributed by atoms with Gasteiger partial charge in [-0.05, 0) is 57.2 Å². The molecule has 0 spiro atoms. The summed E-state index contributed by atoms with van der Waals surface area (Å²) in [4.78, 5) is 34.5. The number of pyridine rings is 2. The van der Waals surface area contributed by atoms with Crippen LogP contribution in [0.25, 0.3) is 22.2 Å². The minimum absolute atomic E-state index is 0.141. The van der Waals surface area contributed by atoms with E-state index < -0.39 is 0 Å². The Kier molecular flexibility index (Phi) is 6.84. The summed E-state index contributed by atoms with van der Waals surface area (Å²) in [6.45, 7) is 12.8. The zero-order valence-corrected chi connectivity index (χ0v) is 22.1. The highest BCUT2D eigenvalue weighted by molar-refractivity contribution is 5.92. The first-order valence-corrected chi connectivity index (χ1v) is 13.0. The Morgan fingerprint density at radius 2 is 1.70 bits per heavy atom. The molecule has 0 saturated carbocycles. The number of fused-ring (bicyclic) bond motifs is 1. The van der Waals surface area contributed by atoms with Gasteiger partial charge in [0.2, 0.25) is 11.7 Å². The Balaban J connectivity index is 1.49. The van der Waals surface area contributed by atoms with Gasteiger partial charge >= 0.3 is 0 Å². The van der Waals surface area contributed by atoms with Gasteiger partial charge in [-0.1, -0.05) is 0 Å². The van der Waals surface area contributed by atoms with Crippen LogP contribution in [0.5, 0.6) is 0 Å². The molecule has 0 atom stereocenters. The summed E-state index contributed by atoms with van der Waals surface area (Å²) >= 11 is 0. The van der Waals surface area contributed by atoms with Gasteiger partial charge in [-0.25, -0.2) is 9.47 Å². The molecule has 37 heavy (non-hydrogen) atoms. The second kappa shape index (κ2) is 10.2. The number of quaternary nitrogens is 1. The number of nitrogens with zero attached hydrogens (tertiary/aromatic N) is 7. The summed E-state index contributed by atoms with van der Waals surface area (Å²) in [6, 6.07) is 14.8. The minimum atomic E-state index is 0.141. The molecule has 0 radical (unpaired) electrons. The third-order valence-electron chi connectivity index (χ3n) is 7.61. The Hall–Kier alpha value is -3.91. The molecule has 1 amide bonds. The van der Waals surface area contributed by atoms with Crippen LogP contribution in [-0.4, -0.2) is 70.0 Å². The normalized spacial score (nSPS) is 14.3. The van der Waals surface area contributed by atoms with Gasteiger partial charge in [0, 0.05) is 62.3 Å². The standard InChI is InChI=1S/C29H34N7O/c1-5-36(6-2,25-8-10-27(31-19-25)23-11-12-30-21(3)17-23)29-26-9-7-24(18-28(26)32-20-33-29)35-15-13-34(14-16-35)22(4)37/h7-12,17-20H,5-6,13-16H2,1-4H3/q+1. The highest BCUT2D eigenvalue weighted by Gasteiger charge is 2.34. The molecule has 190 valence electrons. The van der Waals surface area contributed by atoms with E-state index in [4.69, 9.17) is 9.97 Å². The number of hydrogen-bond acceptors (Lipinski definition) is 6. The summed E-state index contributed by atoms with van der Waals surface area (Å²) < 4.78 is 0.582. The molecule has 0 bridgehead atoms. The molecule has 1 fully saturated rings. The van der Waals surface area contributed by atoms with E-state index in [9.17, 15) is 4.79 Å². The van der Waals surface area contributed by atoms with E-state index in [1.807, 2.05) is 30.3 Å². The molecule has 0 unspecified atom stereocenters. The molecule has 8 nitrogen and oxygen atoms in total. The summed E-state index contributed by atoms with van der Waals surface area (Å²) in [7, 11) is 0. The molecular formula is C29H34N7O+. The van der Waals surface area contributed by atoms with Crippen LogP contribution in [0.1, 0.15) is 26.5 Å². The van der Waals surface area contributed by atoms with Crippen LogP contribution in [-0.2, 0) is 4.79 Å². The number of aryl methyl sites for hydroxylation is 1. The van der Waals surface area contributed by atoms with Gasteiger partial charge in [0.25, 0.3) is 0 Å². The van der Waals surface area contributed by atoms with E-state index in [0.717, 1.165) is 84.3 Å². The van der Waals surface area contributed by atoms with Gasteiger partial charge in [-0.2, -0.15) is 4.98 Å². The van der Waals surface area contributed by atoms with Gasteiger partial charge in [-0.15, -0.1) is 0 Å². The summed E-state index contributed by atoms with van der Waals surface area (Å²) in [5.74, 6) is 1.12. The predicted molar refractivity (Wildman–Crippen MR) is 149 cm³/mol. The molecule has 0 aliphatic carbocycles. The van der Waals surface area contributed by atoms with E-state index in [-0.39, 0.29) is 5.91 Å². The maximum atomic E-state index is 11.7. The van der Waals surface area contributed by atoms with Crippen LogP contribution in [0.2, 0.25) is 0 Å². The molecule has 1 saturated heterocycles. The first kappa shape index (κ1) is 24.8. The van der Waals surface area contributed by atoms with Crippen molar-refractivity contribution in [1.82, 2.24) is 29.3 Å². The van der Waals surface area contributed by atoms with Crippen molar-refractivity contribution in [2.45, 2.75) is 27.7 Å². The largest absolute Gasteiger partial charge is 0.368 e. The number of carbonyl (C=O) groups excluding carboxylic acids is 1. The Morgan fingerprint density at radius 1 is 0.919 bits per heavy atom. The lowest BCUT2D eigenvalue weighted by Gasteiger charge is -2.36. The highest BCUT2D eigenvalue weighted by Crippen LogP contribution is 2.38. The average Bonchev–Trinajstić information content (AvgIpc) is 2.94. The summed E-state index contributed by atoms with van der Waals surface area (Å²) in [5, 5.41) is 1.05. The highest BCUT2D eigenvalue weighted by atomic mass is 16.2. The zero-order valence-electron chi connectivity index (χ0n) is 22.1. The van der Waals surface area contributed by atoms with E-state index in [1.165, 1.54) is 0 Å². The third kappa shape index (κ3) is 4.64. The van der Waals surface area contributed by atoms with Crippen LogP contribution < -0.4 is 9.38 Å². The third-order valence-corrected chi connectivity index (χ3v) is 7.61. The first-order chi connectivity index (χ1) is 17.9. The molecule has 1 aliphatic rings. The molecule has 1 aromatic carbocycles. The van der Waals surface area contributed by atoms with Crippen molar-refractivity contribution in [3.63, 3.8) is 0 Å². The van der Waals surface area contributed by atoms with Crippen LogP contribution in [0.4, 0.5) is 17.2 Å². The lowest BCUT2D eigenvalue weighted by Crippen LogP contribution is -2.48. The topological polar surface area (TPSA) is 75.1 Å². The Labute approximate surface area is 218 Å². The number of piperazine rings is 1. The number of hydrogen-bond donors (Lipinski definition) is 0. The van der Waals surface area contributed by atoms with Gasteiger partial charge in [0.1, 0.15) is 6.33 Å². The van der Waals surface area contributed by atoms with Gasteiger partial charge < -0.3 is 9.80 Å². The van der Waals surface area contributed by atoms with Crippen molar-refractivity contribution in [1.29, 1.82) is 0 Å². The van der Waals surface area contributed by atoms with Crippen LogP contribution in [0.3, 0.4) is 0 Å². The van der Waals surface area contributed by atoms with Crippen LogP contribution in [0, 0.1) is 6.92 Å². The van der Waals surface area contributed by atoms with Crippen molar-refractivity contribution in [3.8, 4) is 11.3 Å². The maximum Gasteiger partial charge on any atom is 0.243 e. The van der Waals surface area contributed by atoms with Crippen molar-refractivity contribution in [2.24, 2.45) is 0 Å². The molecule has 8 heteroatoms. The van der Waals surface area contributed by atoms with Crippen LogP contribution in [0.15, 0.2) is 61.2 Å². The molecule has 4 heterocycles. The zero-order chi connectivity index (χ0) is 26.0. The number of aromatic nitrogens is 4. The minimum Gasteiger partial charge on any atom is -0.368 e. The van der Waals surface area contributed by atoms with Crippen LogP contribution >= 0.6 is 0 Å². The molecule has 5 rings (SSSR count). The van der Waals surface area contributed by atoms with E-state index in [0.29, 0.717) is 4.48 Å². The molecular weight excluding hydrogens is 462 g/mol. The van der Waals surface area contributed by atoms with E-state index in [1.54, 1.807) is 13.3 Å². The van der Waals surface area contributed by atoms with E-state index in [2.05, 4.69) is 65.1 Å². The second-order valence-corrected chi connectivity index (χ2v) is 9.58. The second-order valence-electron chi connectivity index (χ2n) is 9.58. The lowest BCUT2D eigenvalue weighted by molar-refractivity contribution is -0.129. The van der Waals surface area contributed by atoms with Gasteiger partial charge in [-0.3, -0.25) is 14.8 Å². The Bertz CT molecular complexity index is 1410. The first-order valence-electron chi connectivity index (χ1n) is 13.0. The van der Waals surface area contributed by atoms with Crippen molar-refractivity contribution < 1.29 is 4.79 Å². The number of anilines is 1. The number of benzene rings is 1. The van der Waals surface area contributed by atoms with Crippen molar-refractivity contribution >= 4 is 34.0 Å². The predicted octanol–water partition coefficient (Wildman–Crippen LogP) is 4.74. The van der Waals surface area contributed by atoms with Gasteiger partial charge in [0.05, 0.1) is 35.9 Å². The fourth-order valence-electron chi connectivity index (χ4n) is 5.37. The molecule has 4 aromatic rings. The SMILES string of the molecule is CC[N+](CC)(c1ccc(-c2ccnc(C)c2)nc1)c1ncnc2cc(N3CCN(C(C)=O)CC3)ccc12. The average molecular weight is 497 g/mol.